The molecule has 1 saturated carbocycles. The first-order valence-corrected chi connectivity index (χ1v) is 5.52. The first-order valence-electron chi connectivity index (χ1n) is 5.52. The van der Waals surface area contributed by atoms with Crippen LogP contribution in [-0.2, 0) is 4.79 Å². The maximum absolute atomic E-state index is 12.0. The Morgan fingerprint density at radius 2 is 2.13 bits per heavy atom. The van der Waals surface area contributed by atoms with Crippen LogP contribution in [0.15, 0.2) is 0 Å². The molecule has 1 N–H and O–H groups in total. The fraction of sp³-hybridized carbons (Fsp3) is 0.833. The van der Waals surface area contributed by atoms with Crippen molar-refractivity contribution in [2.24, 2.45) is 11.3 Å². The van der Waals surface area contributed by atoms with Gasteiger partial charge in [-0.1, -0.05) is 20.3 Å². The number of nitrogens with zero attached hydrogens (tertiary/aromatic N) is 1. The number of nitrogens with one attached hydrogen (secondary N) is 1. The average Bonchev–Trinajstić information content (AvgIpc) is 2.44. The van der Waals surface area contributed by atoms with Gasteiger partial charge in [0.15, 0.2) is 0 Å². The average molecular weight is 208 g/mol. The quantitative estimate of drug-likeness (QED) is 0.756. The maximum Gasteiger partial charge on any atom is 0.224 e. The number of hydrogen-bond acceptors (Lipinski definition) is 2. The molecular weight excluding hydrogens is 188 g/mol. The van der Waals surface area contributed by atoms with Crippen LogP contribution in [-0.4, -0.2) is 11.4 Å². The smallest absolute Gasteiger partial charge is 0.224 e. The molecule has 1 unspecified atom stereocenters. The fourth-order valence-electron chi connectivity index (χ4n) is 2.24. The first-order chi connectivity index (χ1) is 6.78. The van der Waals surface area contributed by atoms with Crippen molar-refractivity contribution in [3.8, 4) is 6.07 Å². The zero-order chi connectivity index (χ0) is 11.7. The molecule has 3 nitrogen and oxygen atoms in total. The fourth-order valence-corrected chi connectivity index (χ4v) is 2.24. The van der Waals surface area contributed by atoms with Crippen molar-refractivity contribution in [3.63, 3.8) is 0 Å². The number of carbonyl (C=O) groups is 1. The summed E-state index contributed by atoms with van der Waals surface area (Å²) in [6, 6.07) is 2.09. The van der Waals surface area contributed by atoms with Crippen molar-refractivity contribution in [1.29, 1.82) is 5.26 Å². The van der Waals surface area contributed by atoms with Crippen molar-refractivity contribution in [1.82, 2.24) is 5.32 Å². The van der Waals surface area contributed by atoms with Crippen LogP contribution in [0.5, 0.6) is 0 Å². The molecule has 3 heteroatoms. The molecular formula is C12H20N2O. The highest BCUT2D eigenvalue weighted by Gasteiger charge is 2.40. The second-order valence-corrected chi connectivity index (χ2v) is 5.66. The second-order valence-electron chi connectivity index (χ2n) is 5.66. The minimum Gasteiger partial charge on any atom is -0.338 e. The molecule has 0 spiro atoms. The lowest BCUT2D eigenvalue weighted by atomic mass is 9.81. The van der Waals surface area contributed by atoms with E-state index in [0.717, 1.165) is 19.3 Å². The van der Waals surface area contributed by atoms with Crippen LogP contribution in [0, 0.1) is 22.7 Å². The Labute approximate surface area is 91.9 Å². The van der Waals surface area contributed by atoms with Crippen molar-refractivity contribution in [3.05, 3.63) is 0 Å². The molecule has 0 saturated heterocycles. The van der Waals surface area contributed by atoms with Crippen LogP contribution in [0.4, 0.5) is 0 Å². The second kappa shape index (κ2) is 3.84. The molecule has 1 rings (SSSR count). The van der Waals surface area contributed by atoms with Crippen LogP contribution in [0.3, 0.4) is 0 Å². The summed E-state index contributed by atoms with van der Waals surface area (Å²) >= 11 is 0. The molecule has 1 fully saturated rings. The molecule has 84 valence electrons. The lowest BCUT2D eigenvalue weighted by Crippen LogP contribution is -2.47. The number of nitriles is 1. The Morgan fingerprint density at radius 3 is 2.53 bits per heavy atom. The zero-order valence-electron chi connectivity index (χ0n) is 10.1. The van der Waals surface area contributed by atoms with Gasteiger partial charge >= 0.3 is 0 Å². The molecule has 1 atom stereocenters. The molecule has 1 aliphatic carbocycles. The molecule has 0 aromatic rings. The van der Waals surface area contributed by atoms with E-state index >= 15 is 0 Å². The lowest BCUT2D eigenvalue weighted by Gasteiger charge is -2.28. The molecule has 15 heavy (non-hydrogen) atoms. The van der Waals surface area contributed by atoms with Crippen molar-refractivity contribution < 1.29 is 4.79 Å². The van der Waals surface area contributed by atoms with E-state index in [0.29, 0.717) is 0 Å². The normalized spacial score (nSPS) is 24.6. The summed E-state index contributed by atoms with van der Waals surface area (Å²) in [7, 11) is 0. The van der Waals surface area contributed by atoms with Gasteiger partial charge in [0.1, 0.15) is 5.54 Å². The molecule has 0 heterocycles. The number of carbonyl (C=O) groups excluding carboxylic acids is 1. The minimum absolute atomic E-state index is 0.0315. The monoisotopic (exact) mass is 208 g/mol. The van der Waals surface area contributed by atoms with Gasteiger partial charge in [0.25, 0.3) is 0 Å². The van der Waals surface area contributed by atoms with Gasteiger partial charge in [-0.2, -0.15) is 5.26 Å². The Morgan fingerprint density at radius 1 is 1.53 bits per heavy atom. The van der Waals surface area contributed by atoms with E-state index < -0.39 is 5.54 Å². The molecule has 0 aromatic carbocycles. The summed E-state index contributed by atoms with van der Waals surface area (Å²) in [6.45, 7) is 7.72. The van der Waals surface area contributed by atoms with Gasteiger partial charge in [0.05, 0.1) is 6.07 Å². The van der Waals surface area contributed by atoms with Gasteiger partial charge in [-0.15, -0.1) is 0 Å². The predicted octanol–water partition coefficient (Wildman–Crippen LogP) is 2.23. The largest absolute Gasteiger partial charge is 0.338 e. The van der Waals surface area contributed by atoms with Gasteiger partial charge in [0.2, 0.25) is 5.91 Å². The van der Waals surface area contributed by atoms with E-state index in [4.69, 9.17) is 5.26 Å². The standard InChI is InChI=1S/C12H20N2O/c1-11(2)7-5-6-9(11)10(15)14-12(3,4)8-13/h9H,5-7H2,1-4H3,(H,14,15). The summed E-state index contributed by atoms with van der Waals surface area (Å²) in [5.41, 5.74) is -0.675. The van der Waals surface area contributed by atoms with Crippen LogP contribution in [0.1, 0.15) is 47.0 Å². The molecule has 0 bridgehead atoms. The highest BCUT2D eigenvalue weighted by atomic mass is 16.2. The number of rotatable bonds is 2. The van der Waals surface area contributed by atoms with Gasteiger partial charge in [-0.3, -0.25) is 4.79 Å². The summed E-state index contributed by atoms with van der Waals surface area (Å²) in [6.07, 6.45) is 3.15. The van der Waals surface area contributed by atoms with E-state index in [1.165, 1.54) is 0 Å². The van der Waals surface area contributed by atoms with E-state index in [1.807, 2.05) is 0 Å². The van der Waals surface area contributed by atoms with Crippen LogP contribution >= 0.6 is 0 Å². The Kier molecular flexibility index (Phi) is 3.08. The van der Waals surface area contributed by atoms with Crippen molar-refractivity contribution in [2.45, 2.75) is 52.5 Å². The SMILES string of the molecule is CC(C)(C#N)NC(=O)C1CCCC1(C)C. The van der Waals surface area contributed by atoms with Crippen LogP contribution in [0.25, 0.3) is 0 Å². The number of amides is 1. The third-order valence-electron chi connectivity index (χ3n) is 3.29. The summed E-state index contributed by atoms with van der Waals surface area (Å²) in [5.74, 6) is 0.0918. The summed E-state index contributed by atoms with van der Waals surface area (Å²) in [4.78, 5) is 12.0. The van der Waals surface area contributed by atoms with E-state index in [1.54, 1.807) is 13.8 Å². The molecule has 1 aliphatic rings. The van der Waals surface area contributed by atoms with Gasteiger partial charge < -0.3 is 5.32 Å². The van der Waals surface area contributed by atoms with E-state index in [2.05, 4.69) is 25.2 Å². The van der Waals surface area contributed by atoms with Crippen molar-refractivity contribution in [2.75, 3.05) is 0 Å². The highest BCUT2D eigenvalue weighted by Crippen LogP contribution is 2.42. The molecule has 0 radical (unpaired) electrons. The minimum atomic E-state index is -0.754. The van der Waals surface area contributed by atoms with Crippen LogP contribution < -0.4 is 5.32 Å². The number of hydrogen-bond donors (Lipinski definition) is 1. The first kappa shape index (κ1) is 12.0. The predicted molar refractivity (Wildman–Crippen MR) is 59.0 cm³/mol. The maximum atomic E-state index is 12.0. The van der Waals surface area contributed by atoms with Crippen LogP contribution in [0.2, 0.25) is 0 Å². The Bertz CT molecular complexity index is 299. The van der Waals surface area contributed by atoms with Gasteiger partial charge in [0, 0.05) is 5.92 Å². The van der Waals surface area contributed by atoms with E-state index in [9.17, 15) is 4.79 Å². The zero-order valence-corrected chi connectivity index (χ0v) is 10.1. The molecule has 1 amide bonds. The van der Waals surface area contributed by atoms with E-state index in [-0.39, 0.29) is 17.2 Å². The van der Waals surface area contributed by atoms with Gasteiger partial charge in [-0.25, -0.2) is 0 Å². The summed E-state index contributed by atoms with van der Waals surface area (Å²) in [5, 5.41) is 11.7. The summed E-state index contributed by atoms with van der Waals surface area (Å²) < 4.78 is 0. The Hall–Kier alpha value is -1.04. The third kappa shape index (κ3) is 2.71. The topological polar surface area (TPSA) is 52.9 Å². The third-order valence-corrected chi connectivity index (χ3v) is 3.29. The molecule has 0 aromatic heterocycles. The highest BCUT2D eigenvalue weighted by molar-refractivity contribution is 5.80. The molecule has 0 aliphatic heterocycles. The van der Waals surface area contributed by atoms with Crippen molar-refractivity contribution >= 4 is 5.91 Å². The Balaban J connectivity index is 2.67. The lowest BCUT2D eigenvalue weighted by molar-refractivity contribution is -0.128. The van der Waals surface area contributed by atoms with Gasteiger partial charge in [-0.05, 0) is 32.1 Å².